The molecule has 3 fully saturated rings. The van der Waals surface area contributed by atoms with Gasteiger partial charge in [-0.3, -0.25) is 0 Å². The van der Waals surface area contributed by atoms with Crippen molar-refractivity contribution >= 4 is 30.1 Å². The van der Waals surface area contributed by atoms with Gasteiger partial charge in [-0.15, -0.1) is 0 Å². The second-order valence-electron chi connectivity index (χ2n) is 4.84. The summed E-state index contributed by atoms with van der Waals surface area (Å²) in [6.07, 6.45) is 2.93. The molecule has 2 bridgehead atoms. The fourth-order valence-corrected chi connectivity index (χ4v) is 5.96. The van der Waals surface area contributed by atoms with Crippen molar-refractivity contribution in [2.45, 2.75) is 38.4 Å². The summed E-state index contributed by atoms with van der Waals surface area (Å²) in [5, 5.41) is 0. The summed E-state index contributed by atoms with van der Waals surface area (Å²) in [7, 11) is 2.07. The van der Waals surface area contributed by atoms with E-state index in [0.717, 1.165) is 23.7 Å². The molecule has 3 saturated carbocycles. The van der Waals surface area contributed by atoms with Crippen molar-refractivity contribution in [1.29, 1.82) is 0 Å². The molecular weight excluding hydrogens is 279 g/mol. The van der Waals surface area contributed by atoms with E-state index in [1.165, 1.54) is 12.8 Å². The molecule has 0 aliphatic heterocycles. The van der Waals surface area contributed by atoms with Gasteiger partial charge in [0.05, 0.1) is 0 Å². The molecule has 70 valence electrons. The average molecular weight is 296 g/mol. The largest absolute Gasteiger partial charge is 0.0825 e. The van der Waals surface area contributed by atoms with Crippen molar-refractivity contribution in [2.75, 3.05) is 0 Å². The van der Waals surface area contributed by atoms with E-state index in [0.29, 0.717) is 4.75 Å². The van der Waals surface area contributed by atoms with E-state index < -0.39 is 0 Å². The van der Waals surface area contributed by atoms with Gasteiger partial charge in [0.1, 0.15) is 0 Å². The number of hydrogen-bond acceptors (Lipinski definition) is 1. The minimum absolute atomic E-state index is 0.591. The molecule has 0 heterocycles. The van der Waals surface area contributed by atoms with Crippen LogP contribution in [0, 0.1) is 23.7 Å². The van der Waals surface area contributed by atoms with E-state index in [1.807, 2.05) is 0 Å². The van der Waals surface area contributed by atoms with Crippen molar-refractivity contribution in [3.63, 3.8) is 0 Å². The van der Waals surface area contributed by atoms with Crippen LogP contribution in [0.25, 0.3) is 0 Å². The predicted octanol–water partition coefficient (Wildman–Crippen LogP) is 4.14. The quantitative estimate of drug-likeness (QED) is 0.655. The molecule has 0 amide bonds. The molecule has 0 saturated heterocycles. The molecule has 0 aromatic heterocycles. The molecule has 2 heteroatoms. The van der Waals surface area contributed by atoms with Gasteiger partial charge in [-0.2, -0.15) is 0 Å². The normalized spacial score (nSPS) is 58.0. The Morgan fingerprint density at radius 3 is 2.25 bits per heavy atom. The Morgan fingerprint density at radius 1 is 1.33 bits per heavy atom. The molecule has 0 nitrogen and oxygen atoms in total. The molecule has 3 atom stereocenters. The maximum atomic E-state index is 2.50. The van der Waals surface area contributed by atoms with Gasteiger partial charge in [0.15, 0.2) is 0 Å². The lowest BCUT2D eigenvalue weighted by Gasteiger charge is -2.61. The van der Waals surface area contributed by atoms with Crippen molar-refractivity contribution in [3.05, 3.63) is 0 Å². The Labute approximate surface area is 91.8 Å². The zero-order valence-electron chi connectivity index (χ0n) is 8.01. The minimum atomic E-state index is 0.591. The lowest BCUT2D eigenvalue weighted by Crippen LogP contribution is -2.58. The van der Waals surface area contributed by atoms with E-state index in [-0.39, 0.29) is 0 Å². The molecule has 0 aromatic rings. The fraction of sp³-hybridized carbons (Fsp3) is 1.00. The molecule has 3 aliphatic carbocycles. The Hall–Kier alpha value is 1.08. The van der Waals surface area contributed by atoms with Crippen LogP contribution in [0.3, 0.4) is 0 Å². The van der Waals surface area contributed by atoms with Gasteiger partial charge in [-0.25, -0.2) is 0 Å². The maximum Gasteiger partial charge on any atom is 0.0265 e. The first kappa shape index (κ1) is 9.63. The lowest BCUT2D eigenvalue weighted by atomic mass is 9.48. The van der Waals surface area contributed by atoms with Gasteiger partial charge in [0.25, 0.3) is 0 Å². The summed E-state index contributed by atoms with van der Waals surface area (Å²) in [6.45, 7) is 7.39. The van der Waals surface area contributed by atoms with Crippen LogP contribution in [-0.2, 0) is 0 Å². The average Bonchev–Trinajstić information content (AvgIpc) is 2.05. The summed E-state index contributed by atoms with van der Waals surface area (Å²) in [4.78, 5) is 0. The van der Waals surface area contributed by atoms with Gasteiger partial charge >= 0.3 is 0 Å². The Bertz CT molecular complexity index is 184. The van der Waals surface area contributed by atoms with Crippen LogP contribution in [0.15, 0.2) is 0 Å². The second kappa shape index (κ2) is 3.04. The minimum Gasteiger partial charge on any atom is -0.0825 e. The lowest BCUT2D eigenvalue weighted by molar-refractivity contribution is -0.0680. The fourth-order valence-electron chi connectivity index (χ4n) is 3.69. The maximum absolute atomic E-state index is 2.50. The third-order valence-electron chi connectivity index (χ3n) is 4.34. The van der Waals surface area contributed by atoms with E-state index in [2.05, 4.69) is 50.9 Å². The van der Waals surface area contributed by atoms with E-state index in [9.17, 15) is 0 Å². The molecule has 1 unspecified atom stereocenters. The summed E-state index contributed by atoms with van der Waals surface area (Å²) in [6, 6.07) is 0. The highest BCUT2D eigenvalue weighted by molar-refractivity contribution is 14.2. The Kier molecular flexibility index (Phi) is 2.44. The molecule has 0 spiro atoms. The molecule has 0 radical (unpaired) electrons. The Morgan fingerprint density at radius 2 is 1.92 bits per heavy atom. The summed E-state index contributed by atoms with van der Waals surface area (Å²) >= 11 is 2.50. The zero-order valence-corrected chi connectivity index (χ0v) is 11.0. The molecule has 3 aliphatic rings. The third kappa shape index (κ3) is 1.09. The molecule has 3 rings (SSSR count). The highest BCUT2D eigenvalue weighted by Crippen LogP contribution is 2.63. The highest BCUT2D eigenvalue weighted by atomic mass is 127. The van der Waals surface area contributed by atoms with E-state index in [4.69, 9.17) is 0 Å². The first-order valence-electron chi connectivity index (χ1n) is 4.90. The van der Waals surface area contributed by atoms with Crippen LogP contribution in [0.5, 0.6) is 0 Å². The van der Waals surface area contributed by atoms with E-state index >= 15 is 0 Å². The molecule has 12 heavy (non-hydrogen) atoms. The van der Waals surface area contributed by atoms with Crippen molar-refractivity contribution in [3.8, 4) is 0 Å². The van der Waals surface area contributed by atoms with Gasteiger partial charge in [-0.1, -0.05) is 22.8 Å². The number of rotatable bonds is 1. The summed E-state index contributed by atoms with van der Waals surface area (Å²) < 4.78 is 0.591. The summed E-state index contributed by atoms with van der Waals surface area (Å²) in [5.41, 5.74) is 0. The highest BCUT2D eigenvalue weighted by Gasteiger charge is 2.57. The van der Waals surface area contributed by atoms with Crippen molar-refractivity contribution < 1.29 is 0 Å². The van der Waals surface area contributed by atoms with Crippen molar-refractivity contribution in [1.82, 2.24) is 0 Å². The van der Waals surface area contributed by atoms with Gasteiger partial charge in [-0.05, 0) is 64.6 Å². The van der Waals surface area contributed by atoms with Crippen LogP contribution >= 0.6 is 30.1 Å². The number of fused-ring (bicyclic) bond motifs is 2. The van der Waals surface area contributed by atoms with Crippen LogP contribution in [-0.4, -0.2) is 4.75 Å². The molecular formula is C10H17IS. The number of hydrogen-bond donors (Lipinski definition) is 0. The standard InChI is InChI=1S/C10H17IS/c1-6-8-4-5-10(3,12-11)9(6)7(8)2/h6-9H,4-5H2,1-3H3/t6-,7-,8?,9?,10?/m1/s1. The number of halogens is 1. The van der Waals surface area contributed by atoms with Gasteiger partial charge in [0, 0.05) is 4.75 Å². The predicted molar refractivity (Wildman–Crippen MR) is 64.6 cm³/mol. The van der Waals surface area contributed by atoms with Gasteiger partial charge < -0.3 is 0 Å². The van der Waals surface area contributed by atoms with Crippen LogP contribution in [0.1, 0.15) is 33.6 Å². The van der Waals surface area contributed by atoms with Crippen LogP contribution in [0.2, 0.25) is 0 Å². The van der Waals surface area contributed by atoms with Gasteiger partial charge in [0.2, 0.25) is 0 Å². The van der Waals surface area contributed by atoms with E-state index in [1.54, 1.807) is 0 Å². The topological polar surface area (TPSA) is 0 Å². The Balaban J connectivity index is 2.19. The monoisotopic (exact) mass is 296 g/mol. The molecule has 0 aromatic carbocycles. The van der Waals surface area contributed by atoms with Crippen LogP contribution < -0.4 is 0 Å². The van der Waals surface area contributed by atoms with Crippen LogP contribution in [0.4, 0.5) is 0 Å². The third-order valence-corrected chi connectivity index (χ3v) is 8.19. The van der Waals surface area contributed by atoms with Crippen molar-refractivity contribution in [2.24, 2.45) is 23.7 Å². The first-order chi connectivity index (χ1) is 5.60. The second-order valence-corrected chi connectivity index (χ2v) is 7.24. The zero-order chi connectivity index (χ0) is 8.93. The smallest absolute Gasteiger partial charge is 0.0265 e. The first-order valence-corrected chi connectivity index (χ1v) is 8.26. The SMILES string of the molecule is C[C@@H]1C2CCC(C)(SI)C1[C@@H]2C. The summed E-state index contributed by atoms with van der Waals surface area (Å²) in [5.74, 6) is 4.06. The molecule has 0 N–H and O–H groups in total.